The van der Waals surface area contributed by atoms with Crippen molar-refractivity contribution in [1.29, 1.82) is 0 Å². The van der Waals surface area contributed by atoms with Crippen molar-refractivity contribution in [3.8, 4) is 0 Å². The molecule has 0 unspecified atom stereocenters. The van der Waals surface area contributed by atoms with Crippen LogP contribution in [0.15, 0.2) is 29.4 Å². The minimum atomic E-state index is -1.03. The normalized spacial score (nSPS) is 9.94. The lowest BCUT2D eigenvalue weighted by atomic mass is 10.1. The Kier molecular flexibility index (Phi) is 2.64. The van der Waals surface area contributed by atoms with E-state index in [0.29, 0.717) is 22.3 Å². The molecule has 0 atom stereocenters. The SMILES string of the molecule is Cc1cc(N=[N+]=[N-])c2cc(C(=O)O)ccc2n1. The topological polar surface area (TPSA) is 99.0 Å². The number of hydrogen-bond acceptors (Lipinski definition) is 3. The van der Waals surface area contributed by atoms with Gasteiger partial charge in [-0.15, -0.1) is 0 Å². The first kappa shape index (κ1) is 10.9. The zero-order valence-electron chi connectivity index (χ0n) is 8.95. The van der Waals surface area contributed by atoms with Gasteiger partial charge in [0.05, 0.1) is 11.1 Å². The lowest BCUT2D eigenvalue weighted by Crippen LogP contribution is -1.96. The zero-order chi connectivity index (χ0) is 12.4. The van der Waals surface area contributed by atoms with Gasteiger partial charge >= 0.3 is 5.97 Å². The molecule has 84 valence electrons. The molecule has 1 aromatic heterocycles. The van der Waals surface area contributed by atoms with Crippen LogP contribution in [0.4, 0.5) is 5.69 Å². The number of nitrogens with zero attached hydrogens (tertiary/aromatic N) is 4. The van der Waals surface area contributed by atoms with Gasteiger partial charge in [0.25, 0.3) is 0 Å². The van der Waals surface area contributed by atoms with Gasteiger partial charge in [0.15, 0.2) is 0 Å². The molecular formula is C11H8N4O2. The highest BCUT2D eigenvalue weighted by atomic mass is 16.4. The van der Waals surface area contributed by atoms with E-state index in [1.165, 1.54) is 12.1 Å². The smallest absolute Gasteiger partial charge is 0.335 e. The summed E-state index contributed by atoms with van der Waals surface area (Å²) in [4.78, 5) is 17.8. The van der Waals surface area contributed by atoms with E-state index in [1.54, 1.807) is 19.1 Å². The molecule has 6 heteroatoms. The van der Waals surface area contributed by atoms with Gasteiger partial charge in [-0.25, -0.2) is 4.79 Å². The molecule has 0 aliphatic rings. The first-order chi connectivity index (χ1) is 8.11. The van der Waals surface area contributed by atoms with Crippen LogP contribution in [0.3, 0.4) is 0 Å². The van der Waals surface area contributed by atoms with Gasteiger partial charge < -0.3 is 5.11 Å². The number of aromatic carboxylic acids is 1. The first-order valence-electron chi connectivity index (χ1n) is 4.81. The van der Waals surface area contributed by atoms with Crippen LogP contribution >= 0.6 is 0 Å². The molecule has 2 rings (SSSR count). The summed E-state index contributed by atoms with van der Waals surface area (Å²) in [6.45, 7) is 1.78. The Morgan fingerprint density at radius 1 is 1.47 bits per heavy atom. The van der Waals surface area contributed by atoms with Crippen molar-refractivity contribution in [3.05, 3.63) is 46.0 Å². The third-order valence-electron chi connectivity index (χ3n) is 2.31. The number of carboxylic acids is 1. The number of aromatic nitrogens is 1. The van der Waals surface area contributed by atoms with Gasteiger partial charge in [0.1, 0.15) is 0 Å². The molecule has 0 amide bonds. The monoisotopic (exact) mass is 228 g/mol. The number of carbonyl (C=O) groups is 1. The van der Waals surface area contributed by atoms with Crippen LogP contribution in [0.1, 0.15) is 16.1 Å². The molecule has 1 aromatic carbocycles. The first-order valence-corrected chi connectivity index (χ1v) is 4.81. The van der Waals surface area contributed by atoms with Crippen molar-refractivity contribution < 1.29 is 9.90 Å². The summed E-state index contributed by atoms with van der Waals surface area (Å²) < 4.78 is 0. The molecule has 0 saturated heterocycles. The van der Waals surface area contributed by atoms with E-state index < -0.39 is 5.97 Å². The second-order valence-electron chi connectivity index (χ2n) is 3.51. The van der Waals surface area contributed by atoms with Crippen LogP contribution in [0.5, 0.6) is 0 Å². The minimum Gasteiger partial charge on any atom is -0.478 e. The third kappa shape index (κ3) is 2.02. The number of benzene rings is 1. The average Bonchev–Trinajstić information content (AvgIpc) is 2.28. The fourth-order valence-corrected chi connectivity index (χ4v) is 1.60. The molecule has 0 saturated carbocycles. The highest BCUT2D eigenvalue weighted by molar-refractivity contribution is 5.97. The molecule has 17 heavy (non-hydrogen) atoms. The van der Waals surface area contributed by atoms with E-state index in [2.05, 4.69) is 15.0 Å². The zero-order valence-corrected chi connectivity index (χ0v) is 8.95. The minimum absolute atomic E-state index is 0.137. The van der Waals surface area contributed by atoms with Crippen LogP contribution in [0.25, 0.3) is 21.3 Å². The lowest BCUT2D eigenvalue weighted by molar-refractivity contribution is 0.0697. The predicted octanol–water partition coefficient (Wildman–Crippen LogP) is 3.18. The number of fused-ring (bicyclic) bond motifs is 1. The number of pyridine rings is 1. The molecule has 2 aromatic rings. The van der Waals surface area contributed by atoms with Crippen molar-refractivity contribution in [2.24, 2.45) is 5.11 Å². The Balaban J connectivity index is 2.82. The van der Waals surface area contributed by atoms with Crippen molar-refractivity contribution in [3.63, 3.8) is 0 Å². The van der Waals surface area contributed by atoms with Crippen molar-refractivity contribution >= 4 is 22.6 Å². The molecule has 1 N–H and O–H groups in total. The maximum atomic E-state index is 10.9. The number of aryl methyl sites for hydroxylation is 1. The Hall–Kier alpha value is -2.59. The van der Waals surface area contributed by atoms with Crippen LogP contribution in [0.2, 0.25) is 0 Å². The predicted molar refractivity (Wildman–Crippen MR) is 62.2 cm³/mol. The average molecular weight is 228 g/mol. The molecule has 0 bridgehead atoms. The molecule has 0 aliphatic carbocycles. The highest BCUT2D eigenvalue weighted by Gasteiger charge is 2.07. The molecule has 1 heterocycles. The fourth-order valence-electron chi connectivity index (χ4n) is 1.60. The molecule has 0 spiro atoms. The maximum Gasteiger partial charge on any atom is 0.335 e. The van der Waals surface area contributed by atoms with Crippen molar-refractivity contribution in [1.82, 2.24) is 4.98 Å². The number of hydrogen-bond donors (Lipinski definition) is 1. The number of azide groups is 1. The van der Waals surface area contributed by atoms with Crippen molar-refractivity contribution in [2.75, 3.05) is 0 Å². The van der Waals surface area contributed by atoms with Gasteiger partial charge in [0.2, 0.25) is 0 Å². The van der Waals surface area contributed by atoms with Gasteiger partial charge in [-0.3, -0.25) is 4.98 Å². The molecule has 0 aliphatic heterocycles. The summed E-state index contributed by atoms with van der Waals surface area (Å²) >= 11 is 0. The summed E-state index contributed by atoms with van der Waals surface area (Å²) in [5, 5.41) is 13.0. The fraction of sp³-hybridized carbons (Fsp3) is 0.0909. The Labute approximate surface area is 96.2 Å². The van der Waals surface area contributed by atoms with Crippen LogP contribution in [-0.2, 0) is 0 Å². The van der Waals surface area contributed by atoms with E-state index >= 15 is 0 Å². The van der Waals surface area contributed by atoms with Crippen LogP contribution in [0, 0.1) is 6.92 Å². The Bertz CT molecular complexity index is 660. The largest absolute Gasteiger partial charge is 0.478 e. The van der Waals surface area contributed by atoms with E-state index in [4.69, 9.17) is 10.6 Å². The summed E-state index contributed by atoms with van der Waals surface area (Å²) in [5.41, 5.74) is 10.3. The van der Waals surface area contributed by atoms with Gasteiger partial charge in [-0.2, -0.15) is 0 Å². The van der Waals surface area contributed by atoms with E-state index in [9.17, 15) is 4.79 Å². The summed E-state index contributed by atoms with van der Waals surface area (Å²) in [6, 6.07) is 6.14. The van der Waals surface area contributed by atoms with Crippen LogP contribution in [-0.4, -0.2) is 16.1 Å². The quantitative estimate of drug-likeness (QED) is 0.485. The van der Waals surface area contributed by atoms with E-state index in [-0.39, 0.29) is 5.56 Å². The van der Waals surface area contributed by atoms with Gasteiger partial charge in [-0.05, 0) is 36.7 Å². The second kappa shape index (κ2) is 4.11. The van der Waals surface area contributed by atoms with E-state index in [0.717, 1.165) is 0 Å². The Morgan fingerprint density at radius 2 is 2.24 bits per heavy atom. The highest BCUT2D eigenvalue weighted by Crippen LogP contribution is 2.27. The van der Waals surface area contributed by atoms with Crippen molar-refractivity contribution in [2.45, 2.75) is 6.92 Å². The lowest BCUT2D eigenvalue weighted by Gasteiger charge is -2.04. The second-order valence-corrected chi connectivity index (χ2v) is 3.51. The standard InChI is InChI=1S/C11H8N4O2/c1-6-4-10(14-15-12)8-5-7(11(16)17)2-3-9(8)13-6/h2-5H,1H3,(H,16,17). The van der Waals surface area contributed by atoms with Gasteiger partial charge in [-0.1, -0.05) is 5.11 Å². The summed E-state index contributed by atoms with van der Waals surface area (Å²) in [6.07, 6.45) is 0. The Morgan fingerprint density at radius 3 is 2.88 bits per heavy atom. The maximum absolute atomic E-state index is 10.9. The summed E-state index contributed by atoms with van der Waals surface area (Å²) in [7, 11) is 0. The van der Waals surface area contributed by atoms with Crippen LogP contribution < -0.4 is 0 Å². The third-order valence-corrected chi connectivity index (χ3v) is 2.31. The molecular weight excluding hydrogens is 220 g/mol. The number of carboxylic acid groups (broad SMARTS) is 1. The molecule has 6 nitrogen and oxygen atoms in total. The van der Waals surface area contributed by atoms with Gasteiger partial charge in [0, 0.05) is 21.7 Å². The van der Waals surface area contributed by atoms with E-state index in [1.807, 2.05) is 0 Å². The number of rotatable bonds is 2. The summed E-state index contributed by atoms with van der Waals surface area (Å²) in [5.74, 6) is -1.03. The molecule has 0 radical (unpaired) electrons. The molecule has 0 fully saturated rings.